The molecule has 0 spiro atoms. The highest BCUT2D eigenvalue weighted by Crippen LogP contribution is 2.57. The van der Waals surface area contributed by atoms with E-state index in [4.69, 9.17) is 4.74 Å². The number of hydrogen-bond acceptors (Lipinski definition) is 1. The van der Waals surface area contributed by atoms with Crippen molar-refractivity contribution in [2.24, 2.45) is 35.5 Å². The Kier molecular flexibility index (Phi) is 4.62. The summed E-state index contributed by atoms with van der Waals surface area (Å²) in [7, 11) is 0. The highest BCUT2D eigenvalue weighted by Gasteiger charge is 2.49. The first-order valence-corrected chi connectivity index (χ1v) is 11.0. The maximum atomic E-state index is 6.32. The molecule has 1 nitrogen and oxygen atoms in total. The van der Waals surface area contributed by atoms with Crippen molar-refractivity contribution in [1.82, 2.24) is 0 Å². The van der Waals surface area contributed by atoms with Gasteiger partial charge in [-0.15, -0.1) is 0 Å². The summed E-state index contributed by atoms with van der Waals surface area (Å²) in [5, 5.41) is 0. The Morgan fingerprint density at radius 2 is 1.40 bits per heavy atom. The molecule has 25 heavy (non-hydrogen) atoms. The Morgan fingerprint density at radius 3 is 2.24 bits per heavy atom. The van der Waals surface area contributed by atoms with Gasteiger partial charge in [-0.25, -0.2) is 0 Å². The molecule has 1 aromatic carbocycles. The topological polar surface area (TPSA) is 9.23 Å². The number of fused-ring (bicyclic) bond motifs is 5. The largest absolute Gasteiger partial charge is 0.374 e. The summed E-state index contributed by atoms with van der Waals surface area (Å²) in [6, 6.07) is 10.7. The van der Waals surface area contributed by atoms with Crippen molar-refractivity contribution in [2.45, 2.75) is 76.9 Å². The van der Waals surface area contributed by atoms with Crippen molar-refractivity contribution in [3.8, 4) is 0 Å². The molecule has 1 aromatic rings. The van der Waals surface area contributed by atoms with Crippen LogP contribution in [0, 0.1) is 35.5 Å². The van der Waals surface area contributed by atoms with Crippen LogP contribution in [0.25, 0.3) is 0 Å². The predicted octanol–water partition coefficient (Wildman–Crippen LogP) is 6.22. The minimum atomic E-state index is 0.515. The van der Waals surface area contributed by atoms with Crippen molar-refractivity contribution >= 4 is 0 Å². The molecule has 0 N–H and O–H groups in total. The summed E-state index contributed by atoms with van der Waals surface area (Å²) < 4.78 is 6.32. The minimum Gasteiger partial charge on any atom is -0.374 e. The average Bonchev–Trinajstić information content (AvgIpc) is 3.16. The highest BCUT2D eigenvalue weighted by atomic mass is 16.5. The molecule has 0 bridgehead atoms. The quantitative estimate of drug-likeness (QED) is 0.635. The Bertz CT molecular complexity index is 567. The lowest BCUT2D eigenvalue weighted by Crippen LogP contribution is -2.45. The third-order valence-corrected chi connectivity index (χ3v) is 8.43. The van der Waals surface area contributed by atoms with Crippen molar-refractivity contribution in [1.29, 1.82) is 0 Å². The SMILES string of the molecule is c1ccc(COC2CCC3C(CCC4C5CCCC5CCC34)C2)cc1. The van der Waals surface area contributed by atoms with Crippen molar-refractivity contribution in [2.75, 3.05) is 0 Å². The third-order valence-electron chi connectivity index (χ3n) is 8.43. The van der Waals surface area contributed by atoms with E-state index in [1.807, 2.05) is 0 Å². The van der Waals surface area contributed by atoms with Gasteiger partial charge in [-0.3, -0.25) is 0 Å². The molecule has 1 heteroatoms. The van der Waals surface area contributed by atoms with E-state index in [-0.39, 0.29) is 0 Å². The molecule has 0 aliphatic heterocycles. The summed E-state index contributed by atoms with van der Waals surface area (Å²) in [6.45, 7) is 0.804. The van der Waals surface area contributed by atoms with E-state index in [9.17, 15) is 0 Å². The van der Waals surface area contributed by atoms with Gasteiger partial charge in [-0.1, -0.05) is 43.2 Å². The number of rotatable bonds is 3. The Morgan fingerprint density at radius 1 is 0.680 bits per heavy atom. The summed E-state index contributed by atoms with van der Waals surface area (Å²) in [6.07, 6.45) is 15.4. The van der Waals surface area contributed by atoms with Gasteiger partial charge >= 0.3 is 0 Å². The second-order valence-electron chi connectivity index (χ2n) is 9.49. The molecular weight excluding hydrogens is 304 g/mol. The van der Waals surface area contributed by atoms with Gasteiger partial charge in [0, 0.05) is 0 Å². The molecule has 0 aromatic heterocycles. The van der Waals surface area contributed by atoms with E-state index in [1.54, 1.807) is 32.1 Å². The maximum absolute atomic E-state index is 6.32. The van der Waals surface area contributed by atoms with Crippen LogP contribution in [0.2, 0.25) is 0 Å². The number of hydrogen-bond donors (Lipinski definition) is 0. The lowest BCUT2D eigenvalue weighted by atomic mass is 9.53. The Balaban J connectivity index is 1.19. The summed E-state index contributed by atoms with van der Waals surface area (Å²) >= 11 is 0. The molecule has 7 atom stereocenters. The summed E-state index contributed by atoms with van der Waals surface area (Å²) in [4.78, 5) is 0. The van der Waals surface area contributed by atoms with Crippen LogP contribution >= 0.6 is 0 Å². The van der Waals surface area contributed by atoms with Crippen LogP contribution in [0.1, 0.15) is 69.8 Å². The molecule has 4 aliphatic carbocycles. The van der Waals surface area contributed by atoms with E-state index in [0.29, 0.717) is 6.10 Å². The molecule has 0 saturated heterocycles. The molecule has 4 saturated carbocycles. The van der Waals surface area contributed by atoms with Crippen LogP contribution in [-0.2, 0) is 11.3 Å². The van der Waals surface area contributed by atoms with Crippen molar-refractivity contribution < 1.29 is 4.74 Å². The maximum Gasteiger partial charge on any atom is 0.0720 e. The third kappa shape index (κ3) is 3.18. The normalized spacial score (nSPS) is 43.1. The van der Waals surface area contributed by atoms with Crippen LogP contribution in [0.5, 0.6) is 0 Å². The molecule has 0 heterocycles. The number of ether oxygens (including phenoxy) is 1. The molecule has 5 rings (SSSR count). The van der Waals surface area contributed by atoms with Gasteiger partial charge in [0.15, 0.2) is 0 Å². The summed E-state index contributed by atoms with van der Waals surface area (Å²) in [5.74, 6) is 6.41. The minimum absolute atomic E-state index is 0.515. The standard InChI is InChI=1S/C24H34O/c1-2-5-17(6-3-1)16-25-20-11-14-22-19(15-20)10-13-23-21-8-4-7-18(21)9-12-24(22)23/h1-3,5-6,18-24H,4,7-16H2. The fraction of sp³-hybridized carbons (Fsp3) is 0.750. The molecule has 7 unspecified atom stereocenters. The van der Waals surface area contributed by atoms with Gasteiger partial charge in [-0.05, 0) is 92.4 Å². The van der Waals surface area contributed by atoms with E-state index in [1.165, 1.54) is 37.7 Å². The van der Waals surface area contributed by atoms with Crippen LogP contribution < -0.4 is 0 Å². The Labute approximate surface area is 153 Å². The smallest absolute Gasteiger partial charge is 0.0720 e. The fourth-order valence-corrected chi connectivity index (χ4v) is 7.37. The van der Waals surface area contributed by atoms with Crippen LogP contribution in [0.4, 0.5) is 0 Å². The second kappa shape index (κ2) is 7.06. The molecule has 136 valence electrons. The first-order valence-electron chi connectivity index (χ1n) is 11.0. The zero-order valence-corrected chi connectivity index (χ0v) is 15.6. The van der Waals surface area contributed by atoms with E-state index in [0.717, 1.165) is 42.1 Å². The van der Waals surface area contributed by atoms with E-state index in [2.05, 4.69) is 30.3 Å². The average molecular weight is 339 g/mol. The van der Waals surface area contributed by atoms with Gasteiger partial charge in [0.1, 0.15) is 0 Å². The van der Waals surface area contributed by atoms with Gasteiger partial charge in [0.2, 0.25) is 0 Å². The van der Waals surface area contributed by atoms with E-state index >= 15 is 0 Å². The molecule has 4 aliphatic rings. The van der Waals surface area contributed by atoms with Crippen molar-refractivity contribution in [3.63, 3.8) is 0 Å². The van der Waals surface area contributed by atoms with Crippen molar-refractivity contribution in [3.05, 3.63) is 35.9 Å². The summed E-state index contributed by atoms with van der Waals surface area (Å²) in [5.41, 5.74) is 1.33. The van der Waals surface area contributed by atoms with Gasteiger partial charge in [0.25, 0.3) is 0 Å². The molecule has 4 fully saturated rings. The van der Waals surface area contributed by atoms with Crippen LogP contribution in [-0.4, -0.2) is 6.10 Å². The monoisotopic (exact) mass is 338 g/mol. The first-order chi connectivity index (χ1) is 12.4. The Hall–Kier alpha value is -0.820. The molecule has 0 radical (unpaired) electrons. The highest BCUT2D eigenvalue weighted by molar-refractivity contribution is 5.13. The zero-order valence-electron chi connectivity index (χ0n) is 15.6. The zero-order chi connectivity index (χ0) is 16.6. The predicted molar refractivity (Wildman–Crippen MR) is 102 cm³/mol. The van der Waals surface area contributed by atoms with Crippen LogP contribution in [0.3, 0.4) is 0 Å². The van der Waals surface area contributed by atoms with Crippen LogP contribution in [0.15, 0.2) is 30.3 Å². The second-order valence-corrected chi connectivity index (χ2v) is 9.49. The van der Waals surface area contributed by atoms with Gasteiger partial charge in [-0.2, -0.15) is 0 Å². The molecule has 0 amide bonds. The fourth-order valence-electron chi connectivity index (χ4n) is 7.37. The lowest BCUT2D eigenvalue weighted by Gasteiger charge is -2.52. The first kappa shape index (κ1) is 16.4. The van der Waals surface area contributed by atoms with Gasteiger partial charge in [0.05, 0.1) is 12.7 Å². The van der Waals surface area contributed by atoms with E-state index < -0.39 is 0 Å². The van der Waals surface area contributed by atoms with Gasteiger partial charge < -0.3 is 4.74 Å². The number of benzene rings is 1. The lowest BCUT2D eigenvalue weighted by molar-refractivity contribution is -0.0696. The molecular formula is C24H34O.